The Kier molecular flexibility index (Phi) is 5.48. The minimum absolute atomic E-state index is 0.0233. The van der Waals surface area contributed by atoms with Gasteiger partial charge < -0.3 is 9.09 Å². The third-order valence-electron chi connectivity index (χ3n) is 7.34. The molecule has 0 amide bonds. The van der Waals surface area contributed by atoms with Crippen LogP contribution in [0.4, 0.5) is 4.39 Å². The van der Waals surface area contributed by atoms with E-state index in [4.69, 9.17) is 4.52 Å². The lowest BCUT2D eigenvalue weighted by Gasteiger charge is -2.30. The topological polar surface area (TPSA) is 116 Å². The minimum atomic E-state index is -4.05. The van der Waals surface area contributed by atoms with E-state index in [9.17, 15) is 8.42 Å². The summed E-state index contributed by atoms with van der Waals surface area (Å²) >= 11 is 0. The van der Waals surface area contributed by atoms with Crippen molar-refractivity contribution < 1.29 is 17.3 Å². The van der Waals surface area contributed by atoms with Crippen LogP contribution in [0.5, 0.6) is 0 Å². The molecule has 2 aromatic heterocycles. The first-order chi connectivity index (χ1) is 16.5. The molecule has 0 spiro atoms. The fraction of sp³-hybridized carbons (Fsp3) is 0.565. The monoisotopic (exact) mass is 486 g/mol. The maximum atomic E-state index is 15.5. The summed E-state index contributed by atoms with van der Waals surface area (Å²) in [7, 11) is -4.05. The van der Waals surface area contributed by atoms with Crippen LogP contribution in [-0.4, -0.2) is 39.4 Å². The molecule has 6 rings (SSSR count). The molecule has 3 aliphatic rings. The van der Waals surface area contributed by atoms with E-state index < -0.39 is 15.8 Å². The Morgan fingerprint density at radius 3 is 2.47 bits per heavy atom. The first kappa shape index (κ1) is 21.8. The van der Waals surface area contributed by atoms with Gasteiger partial charge in [-0.05, 0) is 75.0 Å². The van der Waals surface area contributed by atoms with Gasteiger partial charge >= 0.3 is 0 Å². The highest BCUT2D eigenvalue weighted by atomic mass is 32.2. The lowest BCUT2D eigenvalue weighted by molar-refractivity contribution is 0.292. The Morgan fingerprint density at radius 1 is 1.00 bits per heavy atom. The Morgan fingerprint density at radius 2 is 1.76 bits per heavy atom. The molecule has 3 aliphatic carbocycles. The Hall–Kier alpha value is -2.66. The summed E-state index contributed by atoms with van der Waals surface area (Å²) < 4.78 is 52.4. The predicted octanol–water partition coefficient (Wildman–Crippen LogP) is 4.07. The van der Waals surface area contributed by atoms with Gasteiger partial charge in [-0.3, -0.25) is 0 Å². The summed E-state index contributed by atoms with van der Waals surface area (Å²) in [4.78, 5) is 4.22. The normalized spacial score (nSPS) is 23.7. The summed E-state index contributed by atoms with van der Waals surface area (Å²) in [6.45, 7) is 0. The van der Waals surface area contributed by atoms with Gasteiger partial charge in [-0.1, -0.05) is 11.6 Å². The molecule has 3 fully saturated rings. The predicted molar refractivity (Wildman–Crippen MR) is 120 cm³/mol. The van der Waals surface area contributed by atoms with E-state index in [0.29, 0.717) is 35.7 Å². The molecule has 9 nitrogen and oxygen atoms in total. The Bertz CT molecular complexity index is 1280. The molecule has 0 aliphatic heterocycles. The van der Waals surface area contributed by atoms with E-state index >= 15 is 4.39 Å². The third-order valence-corrected chi connectivity index (χ3v) is 8.95. The molecule has 0 saturated heterocycles. The van der Waals surface area contributed by atoms with Crippen molar-refractivity contribution in [3.63, 3.8) is 0 Å². The van der Waals surface area contributed by atoms with Crippen LogP contribution in [0.2, 0.25) is 0 Å². The Balaban J connectivity index is 1.28. The van der Waals surface area contributed by atoms with Crippen LogP contribution in [-0.2, 0) is 10.0 Å². The number of nitrogens with zero attached hydrogens (tertiary/aromatic N) is 5. The number of sulfonamides is 1. The molecule has 2 heterocycles. The molecule has 1 aromatic carbocycles. The van der Waals surface area contributed by atoms with Crippen molar-refractivity contribution in [3.05, 3.63) is 42.1 Å². The van der Waals surface area contributed by atoms with Gasteiger partial charge in [0.25, 0.3) is 0 Å². The third kappa shape index (κ3) is 4.15. The van der Waals surface area contributed by atoms with Gasteiger partial charge in [-0.15, -0.1) is 10.2 Å². The molecule has 3 aromatic rings. The maximum Gasteiger partial charge on any atom is 0.244 e. The standard InChI is InChI=1S/C23H27FN6O3S/c24-20-10-16(22-27-23(33-28-22)15-3-1-4-15)9-19(14-7-8-14)21(20)34(31,32)29-17-5-2-6-18(11-17)30-12-25-26-13-30/h9-10,12-15,17-18,29H,1-8,11H2. The lowest BCUT2D eigenvalue weighted by Crippen LogP contribution is -2.39. The van der Waals surface area contributed by atoms with Crippen molar-refractivity contribution in [1.82, 2.24) is 29.6 Å². The number of benzene rings is 1. The van der Waals surface area contributed by atoms with E-state index in [0.717, 1.165) is 44.9 Å². The van der Waals surface area contributed by atoms with Crippen molar-refractivity contribution in [3.8, 4) is 11.4 Å². The molecule has 2 unspecified atom stereocenters. The summed E-state index contributed by atoms with van der Waals surface area (Å²) in [6, 6.07) is 2.79. The Labute approximate surface area is 197 Å². The van der Waals surface area contributed by atoms with E-state index in [1.165, 1.54) is 6.07 Å². The van der Waals surface area contributed by atoms with Gasteiger partial charge in [0.05, 0.1) is 0 Å². The minimum Gasteiger partial charge on any atom is -0.339 e. The molecule has 0 bridgehead atoms. The fourth-order valence-corrected chi connectivity index (χ4v) is 6.74. The summed E-state index contributed by atoms with van der Waals surface area (Å²) in [5.41, 5.74) is 0.960. The van der Waals surface area contributed by atoms with Crippen LogP contribution in [0.3, 0.4) is 0 Å². The van der Waals surface area contributed by atoms with Gasteiger partial charge in [0.15, 0.2) is 0 Å². The number of aromatic nitrogens is 5. The summed E-state index contributed by atoms with van der Waals surface area (Å²) in [5, 5.41) is 11.7. The van der Waals surface area contributed by atoms with Gasteiger partial charge in [0, 0.05) is 23.6 Å². The highest BCUT2D eigenvalue weighted by Crippen LogP contribution is 2.45. The molecule has 3 saturated carbocycles. The van der Waals surface area contributed by atoms with Crippen LogP contribution in [0.1, 0.15) is 87.1 Å². The summed E-state index contributed by atoms with van der Waals surface area (Å²) in [5.74, 6) is 0.412. The molecular formula is C23H27FN6O3S. The molecule has 2 atom stereocenters. The average Bonchev–Trinajstić information content (AvgIpc) is 3.26. The second kappa shape index (κ2) is 8.53. The highest BCUT2D eigenvalue weighted by Gasteiger charge is 2.36. The zero-order valence-electron chi connectivity index (χ0n) is 18.7. The largest absolute Gasteiger partial charge is 0.339 e. The number of rotatable bonds is 7. The van der Waals surface area contributed by atoms with Crippen LogP contribution in [0.25, 0.3) is 11.4 Å². The van der Waals surface area contributed by atoms with Crippen molar-refractivity contribution in [2.75, 3.05) is 0 Å². The number of hydrogen-bond donors (Lipinski definition) is 1. The number of nitrogens with one attached hydrogen (secondary N) is 1. The quantitative estimate of drug-likeness (QED) is 0.535. The van der Waals surface area contributed by atoms with E-state index in [-0.39, 0.29) is 28.8 Å². The lowest BCUT2D eigenvalue weighted by atomic mass is 9.85. The smallest absolute Gasteiger partial charge is 0.244 e. The maximum absolute atomic E-state index is 15.5. The fourth-order valence-electron chi connectivity index (χ4n) is 5.12. The molecule has 11 heteroatoms. The highest BCUT2D eigenvalue weighted by molar-refractivity contribution is 7.89. The molecule has 1 N–H and O–H groups in total. The second-order valence-electron chi connectivity index (χ2n) is 9.78. The van der Waals surface area contributed by atoms with Gasteiger partial charge in [-0.25, -0.2) is 17.5 Å². The average molecular weight is 487 g/mol. The SMILES string of the molecule is O=S(=O)(NC1CCCC(n2cnnc2)C1)c1c(F)cc(-c2noc(C3CCC3)n2)cc1C1CC1. The van der Waals surface area contributed by atoms with Gasteiger partial charge in [-0.2, -0.15) is 4.98 Å². The summed E-state index contributed by atoms with van der Waals surface area (Å²) in [6.07, 6.45) is 11.3. The van der Waals surface area contributed by atoms with Crippen molar-refractivity contribution in [2.24, 2.45) is 0 Å². The van der Waals surface area contributed by atoms with Crippen molar-refractivity contribution in [2.45, 2.75) is 86.6 Å². The number of halogens is 1. The van der Waals surface area contributed by atoms with Crippen molar-refractivity contribution in [1.29, 1.82) is 0 Å². The van der Waals surface area contributed by atoms with Gasteiger partial charge in [0.2, 0.25) is 21.7 Å². The van der Waals surface area contributed by atoms with Crippen LogP contribution in [0, 0.1) is 5.82 Å². The van der Waals surface area contributed by atoms with Crippen LogP contribution >= 0.6 is 0 Å². The first-order valence-corrected chi connectivity index (χ1v) is 13.5. The van der Waals surface area contributed by atoms with E-state index in [1.807, 2.05) is 4.57 Å². The first-order valence-electron chi connectivity index (χ1n) is 12.0. The molecule has 34 heavy (non-hydrogen) atoms. The van der Waals surface area contributed by atoms with Crippen LogP contribution in [0.15, 0.2) is 34.2 Å². The van der Waals surface area contributed by atoms with Gasteiger partial charge in [0.1, 0.15) is 23.4 Å². The van der Waals surface area contributed by atoms with E-state index in [1.54, 1.807) is 18.7 Å². The number of hydrogen-bond acceptors (Lipinski definition) is 7. The van der Waals surface area contributed by atoms with E-state index in [2.05, 4.69) is 25.1 Å². The molecule has 180 valence electrons. The molecular weight excluding hydrogens is 459 g/mol. The zero-order chi connectivity index (χ0) is 23.3. The second-order valence-corrected chi connectivity index (χ2v) is 11.4. The molecule has 0 radical (unpaired) electrons. The zero-order valence-corrected chi connectivity index (χ0v) is 19.5. The van der Waals surface area contributed by atoms with Crippen molar-refractivity contribution >= 4 is 10.0 Å². The van der Waals surface area contributed by atoms with Crippen LogP contribution < -0.4 is 4.72 Å².